The first kappa shape index (κ1) is 26.9. The average molecular weight is 511 g/mol. The Morgan fingerprint density at radius 1 is 1.14 bits per heavy atom. The molecule has 190 valence electrons. The van der Waals surface area contributed by atoms with E-state index in [1.54, 1.807) is 25.1 Å². The van der Waals surface area contributed by atoms with Crippen molar-refractivity contribution < 1.29 is 14.5 Å². The highest BCUT2D eigenvalue weighted by Crippen LogP contribution is 2.26. The number of rotatable bonds is 10. The van der Waals surface area contributed by atoms with Gasteiger partial charge in [-0.05, 0) is 44.9 Å². The Hall–Kier alpha value is -3.73. The van der Waals surface area contributed by atoms with Crippen LogP contribution in [0.2, 0.25) is 0 Å². The summed E-state index contributed by atoms with van der Waals surface area (Å²) in [5, 5.41) is 26.1. The number of aromatic nitrogens is 3. The number of hydrogen-bond acceptors (Lipinski definition) is 7. The van der Waals surface area contributed by atoms with Gasteiger partial charge in [-0.25, -0.2) is 0 Å². The smallest absolute Gasteiger partial charge is 0.274 e. The van der Waals surface area contributed by atoms with Crippen LogP contribution in [0.4, 0.5) is 11.4 Å². The molecular formula is C25H30N6O4S. The molecule has 0 saturated heterocycles. The van der Waals surface area contributed by atoms with Gasteiger partial charge in [-0.15, -0.1) is 10.2 Å². The predicted octanol–water partition coefficient (Wildman–Crippen LogP) is 4.68. The van der Waals surface area contributed by atoms with Crippen molar-refractivity contribution in [1.29, 1.82) is 0 Å². The normalized spacial score (nSPS) is 11.8. The molecule has 1 aromatic heterocycles. The van der Waals surface area contributed by atoms with Crippen molar-refractivity contribution >= 4 is 35.0 Å². The van der Waals surface area contributed by atoms with E-state index < -0.39 is 4.92 Å². The van der Waals surface area contributed by atoms with Gasteiger partial charge in [0, 0.05) is 29.4 Å². The Morgan fingerprint density at radius 2 is 1.89 bits per heavy atom. The number of nitrogens with zero attached hydrogens (tertiary/aromatic N) is 4. The highest BCUT2D eigenvalue weighted by Gasteiger charge is 2.26. The Balaban J connectivity index is 1.71. The van der Waals surface area contributed by atoms with E-state index in [1.165, 1.54) is 17.8 Å². The summed E-state index contributed by atoms with van der Waals surface area (Å²) in [5.74, 6) is 0.196. The van der Waals surface area contributed by atoms with Gasteiger partial charge >= 0.3 is 0 Å². The molecule has 0 fully saturated rings. The molecule has 0 aliphatic heterocycles. The topological polar surface area (TPSA) is 132 Å². The summed E-state index contributed by atoms with van der Waals surface area (Å²) in [7, 11) is 0. The van der Waals surface area contributed by atoms with E-state index in [4.69, 9.17) is 0 Å². The molecule has 1 atom stereocenters. The molecule has 3 rings (SSSR count). The number of anilines is 1. The number of nitrogens with one attached hydrogen (secondary N) is 2. The summed E-state index contributed by atoms with van der Waals surface area (Å²) in [4.78, 5) is 36.1. The van der Waals surface area contributed by atoms with Crippen LogP contribution in [-0.2, 0) is 11.3 Å². The Morgan fingerprint density at radius 3 is 2.53 bits per heavy atom. The van der Waals surface area contributed by atoms with Crippen LogP contribution < -0.4 is 10.6 Å². The SMILES string of the molecule is CCn1c(SCC(=O)Nc2ccc(C)c([N+](=O)[O-])c2)nnc1[C@H](NC(=O)c1cccc(C)c1)C(C)C. The third-order valence-electron chi connectivity index (χ3n) is 5.60. The van der Waals surface area contributed by atoms with Crippen molar-refractivity contribution in [2.45, 2.75) is 52.4 Å². The first-order valence-electron chi connectivity index (χ1n) is 11.6. The number of carbonyl (C=O) groups is 2. The number of nitro groups is 1. The van der Waals surface area contributed by atoms with Gasteiger partial charge in [0.15, 0.2) is 11.0 Å². The average Bonchev–Trinajstić information content (AvgIpc) is 3.24. The lowest BCUT2D eigenvalue weighted by Gasteiger charge is -2.22. The number of amides is 2. The van der Waals surface area contributed by atoms with Crippen LogP contribution in [0.3, 0.4) is 0 Å². The number of aryl methyl sites for hydroxylation is 2. The molecule has 0 radical (unpaired) electrons. The van der Waals surface area contributed by atoms with Crippen molar-refractivity contribution in [3.8, 4) is 0 Å². The molecule has 0 unspecified atom stereocenters. The Labute approximate surface area is 214 Å². The monoisotopic (exact) mass is 510 g/mol. The Kier molecular flexibility index (Phi) is 8.81. The van der Waals surface area contributed by atoms with E-state index in [1.807, 2.05) is 50.5 Å². The van der Waals surface area contributed by atoms with Crippen LogP contribution in [0.1, 0.15) is 54.1 Å². The second-order valence-electron chi connectivity index (χ2n) is 8.74. The molecule has 2 N–H and O–H groups in total. The van der Waals surface area contributed by atoms with Gasteiger partial charge < -0.3 is 15.2 Å². The van der Waals surface area contributed by atoms with Crippen molar-refractivity contribution in [3.63, 3.8) is 0 Å². The van der Waals surface area contributed by atoms with Gasteiger partial charge in [0.2, 0.25) is 5.91 Å². The van der Waals surface area contributed by atoms with Gasteiger partial charge in [0.05, 0.1) is 16.7 Å². The highest BCUT2D eigenvalue weighted by atomic mass is 32.2. The second-order valence-corrected chi connectivity index (χ2v) is 9.69. The molecule has 10 nitrogen and oxygen atoms in total. The number of hydrogen-bond donors (Lipinski definition) is 2. The summed E-state index contributed by atoms with van der Waals surface area (Å²) in [5.41, 5.74) is 2.39. The first-order chi connectivity index (χ1) is 17.1. The van der Waals surface area contributed by atoms with Crippen molar-refractivity contribution in [2.24, 2.45) is 5.92 Å². The van der Waals surface area contributed by atoms with E-state index in [0.29, 0.717) is 34.3 Å². The van der Waals surface area contributed by atoms with Gasteiger partial charge in [-0.3, -0.25) is 19.7 Å². The molecule has 0 saturated carbocycles. The molecule has 3 aromatic rings. The maximum Gasteiger partial charge on any atom is 0.274 e. The standard InChI is InChI=1S/C25H30N6O4S/c1-6-30-23(22(15(2)3)27-24(33)18-9-7-8-16(4)12-18)28-29-25(30)36-14-21(32)26-19-11-10-17(5)20(13-19)31(34)35/h7-13,15,22H,6,14H2,1-5H3,(H,26,32)(H,27,33)/t22-/m1/s1. The summed E-state index contributed by atoms with van der Waals surface area (Å²) in [6, 6.07) is 11.6. The molecule has 0 bridgehead atoms. The number of benzene rings is 2. The van der Waals surface area contributed by atoms with E-state index in [-0.39, 0.29) is 35.2 Å². The predicted molar refractivity (Wildman–Crippen MR) is 139 cm³/mol. The third-order valence-corrected chi connectivity index (χ3v) is 6.56. The number of thioether (sulfide) groups is 1. The maximum atomic E-state index is 12.9. The van der Waals surface area contributed by atoms with Gasteiger partial charge in [-0.2, -0.15) is 0 Å². The largest absolute Gasteiger partial charge is 0.342 e. The fourth-order valence-corrected chi connectivity index (χ4v) is 4.49. The van der Waals surface area contributed by atoms with E-state index in [0.717, 1.165) is 5.56 Å². The molecule has 0 aliphatic rings. The van der Waals surface area contributed by atoms with Gasteiger partial charge in [-0.1, -0.05) is 49.4 Å². The summed E-state index contributed by atoms with van der Waals surface area (Å²) in [6.07, 6.45) is 0. The minimum Gasteiger partial charge on any atom is -0.342 e. The number of carbonyl (C=O) groups excluding carboxylic acids is 2. The first-order valence-corrected chi connectivity index (χ1v) is 12.6. The molecule has 0 aliphatic carbocycles. The van der Waals surface area contributed by atoms with Gasteiger partial charge in [0.1, 0.15) is 0 Å². The van der Waals surface area contributed by atoms with Crippen LogP contribution >= 0.6 is 11.8 Å². The zero-order chi connectivity index (χ0) is 26.4. The zero-order valence-electron chi connectivity index (χ0n) is 20.9. The molecule has 36 heavy (non-hydrogen) atoms. The van der Waals surface area contributed by atoms with E-state index in [2.05, 4.69) is 20.8 Å². The van der Waals surface area contributed by atoms with Crippen molar-refractivity contribution in [2.75, 3.05) is 11.1 Å². The second kappa shape index (κ2) is 11.8. The minimum atomic E-state index is -0.478. The van der Waals surface area contributed by atoms with Crippen LogP contribution in [0.15, 0.2) is 47.6 Å². The lowest BCUT2D eigenvalue weighted by molar-refractivity contribution is -0.385. The molecule has 0 spiro atoms. The molecular weight excluding hydrogens is 480 g/mol. The summed E-state index contributed by atoms with van der Waals surface area (Å²) < 4.78 is 1.88. The fraction of sp³-hybridized carbons (Fsp3) is 0.360. The number of nitro benzene ring substituents is 1. The van der Waals surface area contributed by atoms with E-state index >= 15 is 0 Å². The summed E-state index contributed by atoms with van der Waals surface area (Å²) in [6.45, 7) is 10.1. The lowest BCUT2D eigenvalue weighted by Crippen LogP contribution is -2.33. The Bertz CT molecular complexity index is 1270. The molecule has 2 amide bonds. The van der Waals surface area contributed by atoms with Crippen LogP contribution in [0, 0.1) is 29.9 Å². The third kappa shape index (κ3) is 6.48. The quantitative estimate of drug-likeness (QED) is 0.230. The maximum absolute atomic E-state index is 12.9. The zero-order valence-corrected chi connectivity index (χ0v) is 21.8. The van der Waals surface area contributed by atoms with Crippen LogP contribution in [-0.4, -0.2) is 37.3 Å². The fourth-order valence-electron chi connectivity index (χ4n) is 3.69. The molecule has 2 aromatic carbocycles. The lowest BCUT2D eigenvalue weighted by atomic mass is 10.0. The molecule has 1 heterocycles. The van der Waals surface area contributed by atoms with Gasteiger partial charge in [0.25, 0.3) is 11.6 Å². The molecule has 11 heteroatoms. The van der Waals surface area contributed by atoms with Crippen molar-refractivity contribution in [3.05, 3.63) is 75.1 Å². The summed E-state index contributed by atoms with van der Waals surface area (Å²) >= 11 is 1.21. The van der Waals surface area contributed by atoms with Crippen LogP contribution in [0.25, 0.3) is 0 Å². The van der Waals surface area contributed by atoms with E-state index in [9.17, 15) is 19.7 Å². The minimum absolute atomic E-state index is 0.0435. The van der Waals surface area contributed by atoms with Crippen LogP contribution in [0.5, 0.6) is 0 Å². The highest BCUT2D eigenvalue weighted by molar-refractivity contribution is 7.99. The van der Waals surface area contributed by atoms with Crippen molar-refractivity contribution in [1.82, 2.24) is 20.1 Å².